The molecule has 1 aromatic carbocycles. The van der Waals surface area contributed by atoms with Crippen LogP contribution in [0.25, 0.3) is 0 Å². The van der Waals surface area contributed by atoms with Crippen LogP contribution in [0.2, 0.25) is 0 Å². The molecule has 0 radical (unpaired) electrons. The summed E-state index contributed by atoms with van der Waals surface area (Å²) in [6, 6.07) is 3.55. The Bertz CT molecular complexity index is 463. The van der Waals surface area contributed by atoms with Crippen LogP contribution in [0, 0.1) is 5.82 Å². The highest BCUT2D eigenvalue weighted by Crippen LogP contribution is 2.19. The summed E-state index contributed by atoms with van der Waals surface area (Å²) in [7, 11) is 1.63. The molecule has 1 atom stereocenters. The molecule has 0 saturated heterocycles. The zero-order valence-corrected chi connectivity index (χ0v) is 10.5. The summed E-state index contributed by atoms with van der Waals surface area (Å²) in [5, 5.41) is 7.71. The third kappa shape index (κ3) is 3.81. The van der Waals surface area contributed by atoms with Gasteiger partial charge < -0.3 is 16.0 Å². The van der Waals surface area contributed by atoms with Gasteiger partial charge in [0.25, 0.3) is 0 Å². The molecule has 0 bridgehead atoms. The molecular weight excluding hydrogens is 237 g/mol. The minimum absolute atomic E-state index is 0.0355. The molecule has 5 nitrogen and oxygen atoms in total. The van der Waals surface area contributed by atoms with E-state index in [2.05, 4.69) is 16.0 Å². The van der Waals surface area contributed by atoms with Crippen molar-refractivity contribution < 1.29 is 14.0 Å². The summed E-state index contributed by atoms with van der Waals surface area (Å²) in [5.41, 5.74) is 0.463. The standard InChI is InChI=1S/C12H16FN3O2/c1-7(14-3)12(18)16-11-6-9(15-8(2)17)4-5-10(11)13/h4-7,14H,1-3H3,(H,15,17)(H,16,18). The number of rotatable bonds is 4. The summed E-state index contributed by atoms with van der Waals surface area (Å²) < 4.78 is 13.5. The van der Waals surface area contributed by atoms with Crippen LogP contribution in [-0.2, 0) is 9.59 Å². The van der Waals surface area contributed by atoms with Crippen molar-refractivity contribution in [2.45, 2.75) is 19.9 Å². The highest BCUT2D eigenvalue weighted by atomic mass is 19.1. The Balaban J connectivity index is 2.87. The first-order valence-electron chi connectivity index (χ1n) is 5.49. The third-order valence-corrected chi connectivity index (χ3v) is 2.37. The van der Waals surface area contributed by atoms with E-state index in [1.54, 1.807) is 14.0 Å². The second-order valence-electron chi connectivity index (χ2n) is 3.88. The minimum Gasteiger partial charge on any atom is -0.326 e. The molecule has 0 aliphatic carbocycles. The molecule has 0 aliphatic heterocycles. The average Bonchev–Trinajstić information content (AvgIpc) is 2.31. The van der Waals surface area contributed by atoms with Crippen molar-refractivity contribution in [3.63, 3.8) is 0 Å². The van der Waals surface area contributed by atoms with E-state index in [0.29, 0.717) is 5.69 Å². The van der Waals surface area contributed by atoms with Crippen LogP contribution >= 0.6 is 0 Å². The summed E-state index contributed by atoms with van der Waals surface area (Å²) in [6.45, 7) is 3.01. The van der Waals surface area contributed by atoms with Crippen LogP contribution in [0.5, 0.6) is 0 Å². The van der Waals surface area contributed by atoms with E-state index in [4.69, 9.17) is 0 Å². The maximum Gasteiger partial charge on any atom is 0.241 e. The molecule has 2 amide bonds. The van der Waals surface area contributed by atoms with Gasteiger partial charge in [-0.25, -0.2) is 4.39 Å². The quantitative estimate of drug-likeness (QED) is 0.758. The first kappa shape index (κ1) is 14.1. The van der Waals surface area contributed by atoms with E-state index in [1.165, 1.54) is 25.1 Å². The van der Waals surface area contributed by atoms with Gasteiger partial charge in [-0.2, -0.15) is 0 Å². The maximum atomic E-state index is 13.5. The first-order chi connectivity index (χ1) is 8.43. The molecule has 3 N–H and O–H groups in total. The largest absolute Gasteiger partial charge is 0.326 e. The summed E-state index contributed by atoms with van der Waals surface area (Å²) in [4.78, 5) is 22.5. The number of carbonyl (C=O) groups excluding carboxylic acids is 2. The SMILES string of the molecule is CNC(C)C(=O)Nc1cc(NC(C)=O)ccc1F. The normalized spacial score (nSPS) is 11.8. The molecule has 0 saturated carbocycles. The van der Waals surface area contributed by atoms with Crippen molar-refractivity contribution in [1.29, 1.82) is 0 Å². The van der Waals surface area contributed by atoms with Gasteiger partial charge in [0.05, 0.1) is 11.7 Å². The van der Waals surface area contributed by atoms with Gasteiger partial charge in [-0.3, -0.25) is 9.59 Å². The van der Waals surface area contributed by atoms with E-state index < -0.39 is 11.9 Å². The molecule has 0 fully saturated rings. The van der Waals surface area contributed by atoms with Crippen molar-refractivity contribution in [2.75, 3.05) is 17.7 Å². The molecule has 6 heteroatoms. The average molecular weight is 253 g/mol. The summed E-state index contributed by atoms with van der Waals surface area (Å²) in [6.07, 6.45) is 0. The number of hydrogen-bond donors (Lipinski definition) is 3. The van der Waals surface area contributed by atoms with Crippen LogP contribution in [0.3, 0.4) is 0 Å². The van der Waals surface area contributed by atoms with E-state index in [-0.39, 0.29) is 17.5 Å². The van der Waals surface area contributed by atoms with E-state index in [1.807, 2.05) is 0 Å². The fourth-order valence-corrected chi connectivity index (χ4v) is 1.27. The number of anilines is 2. The Morgan fingerprint density at radius 2 is 1.94 bits per heavy atom. The second-order valence-corrected chi connectivity index (χ2v) is 3.88. The third-order valence-electron chi connectivity index (χ3n) is 2.37. The zero-order chi connectivity index (χ0) is 13.7. The van der Waals surface area contributed by atoms with Gasteiger partial charge in [0.2, 0.25) is 11.8 Å². The van der Waals surface area contributed by atoms with Crippen molar-refractivity contribution in [2.24, 2.45) is 0 Å². The summed E-state index contributed by atoms with van der Waals surface area (Å²) in [5.74, 6) is -1.17. The Labute approximate surface area is 105 Å². The Hall–Kier alpha value is -1.95. The summed E-state index contributed by atoms with van der Waals surface area (Å²) >= 11 is 0. The van der Waals surface area contributed by atoms with E-state index >= 15 is 0 Å². The van der Waals surface area contributed by atoms with Gasteiger partial charge in [-0.15, -0.1) is 0 Å². The topological polar surface area (TPSA) is 70.2 Å². The fourth-order valence-electron chi connectivity index (χ4n) is 1.27. The molecule has 0 aromatic heterocycles. The molecule has 0 aliphatic rings. The first-order valence-corrected chi connectivity index (χ1v) is 5.49. The molecule has 1 unspecified atom stereocenters. The lowest BCUT2D eigenvalue weighted by Gasteiger charge is -2.12. The van der Waals surface area contributed by atoms with Crippen LogP contribution in [0.15, 0.2) is 18.2 Å². The molecule has 1 rings (SSSR count). The maximum absolute atomic E-state index is 13.5. The van der Waals surface area contributed by atoms with Gasteiger partial charge in [0, 0.05) is 12.6 Å². The van der Waals surface area contributed by atoms with Crippen LogP contribution in [0.1, 0.15) is 13.8 Å². The highest BCUT2D eigenvalue weighted by molar-refractivity contribution is 5.96. The van der Waals surface area contributed by atoms with Crippen LogP contribution in [-0.4, -0.2) is 24.9 Å². The second kappa shape index (κ2) is 6.11. The lowest BCUT2D eigenvalue weighted by Crippen LogP contribution is -2.35. The number of amides is 2. The molecule has 18 heavy (non-hydrogen) atoms. The number of carbonyl (C=O) groups is 2. The van der Waals surface area contributed by atoms with Crippen molar-refractivity contribution in [3.05, 3.63) is 24.0 Å². The van der Waals surface area contributed by atoms with Gasteiger partial charge in [-0.1, -0.05) is 0 Å². The van der Waals surface area contributed by atoms with E-state index in [9.17, 15) is 14.0 Å². The zero-order valence-electron chi connectivity index (χ0n) is 10.5. The lowest BCUT2D eigenvalue weighted by molar-refractivity contribution is -0.117. The predicted octanol–water partition coefficient (Wildman–Crippen LogP) is 1.33. The molecule has 0 spiro atoms. The monoisotopic (exact) mass is 253 g/mol. The number of likely N-dealkylation sites (N-methyl/N-ethyl adjacent to an activating group) is 1. The van der Waals surface area contributed by atoms with Crippen molar-refractivity contribution >= 4 is 23.2 Å². The fraction of sp³-hybridized carbons (Fsp3) is 0.333. The molecule has 0 heterocycles. The van der Waals surface area contributed by atoms with E-state index in [0.717, 1.165) is 0 Å². The predicted molar refractivity (Wildman–Crippen MR) is 67.9 cm³/mol. The lowest BCUT2D eigenvalue weighted by atomic mass is 10.2. The van der Waals surface area contributed by atoms with Gasteiger partial charge >= 0.3 is 0 Å². The Kier molecular flexibility index (Phi) is 4.79. The number of nitrogens with one attached hydrogen (secondary N) is 3. The van der Waals surface area contributed by atoms with Gasteiger partial charge in [0.15, 0.2) is 0 Å². The van der Waals surface area contributed by atoms with Crippen molar-refractivity contribution in [1.82, 2.24) is 5.32 Å². The minimum atomic E-state index is -0.555. The van der Waals surface area contributed by atoms with Crippen LogP contribution in [0.4, 0.5) is 15.8 Å². The van der Waals surface area contributed by atoms with Crippen molar-refractivity contribution in [3.8, 4) is 0 Å². The molecule has 1 aromatic rings. The van der Waals surface area contributed by atoms with Gasteiger partial charge in [-0.05, 0) is 32.2 Å². The molecular formula is C12H16FN3O2. The smallest absolute Gasteiger partial charge is 0.241 e. The Morgan fingerprint density at radius 3 is 2.50 bits per heavy atom. The number of benzene rings is 1. The molecule has 98 valence electrons. The number of halogens is 1. The highest BCUT2D eigenvalue weighted by Gasteiger charge is 2.13. The van der Waals surface area contributed by atoms with Gasteiger partial charge in [0.1, 0.15) is 5.82 Å². The van der Waals surface area contributed by atoms with Crippen LogP contribution < -0.4 is 16.0 Å². The number of hydrogen-bond acceptors (Lipinski definition) is 3. The Morgan fingerprint density at radius 1 is 1.28 bits per heavy atom.